The molecule has 0 radical (unpaired) electrons. The van der Waals surface area contributed by atoms with Crippen LogP contribution in [0.3, 0.4) is 0 Å². The third kappa shape index (κ3) is 4.09. The third-order valence-electron chi connectivity index (χ3n) is 4.92. The first kappa shape index (κ1) is 17.9. The minimum absolute atomic E-state index is 0.0884. The Hall–Kier alpha value is -3.47. The zero-order chi connectivity index (χ0) is 19.3. The molecule has 142 valence electrons. The number of rotatable bonds is 5. The highest BCUT2D eigenvalue weighted by Gasteiger charge is 2.33. The molecule has 1 aliphatic rings. The molecule has 1 fully saturated rings. The molecule has 4 rings (SSSR count). The number of hydrogen-bond acceptors (Lipinski definition) is 3. The summed E-state index contributed by atoms with van der Waals surface area (Å²) in [6.07, 6.45) is 0. The lowest BCUT2D eigenvalue weighted by atomic mass is 10.1. The van der Waals surface area contributed by atoms with Crippen LogP contribution < -0.4 is 15.0 Å². The standard InChI is InChI=1S/C23H23N3O2/c1-25(19-10-4-2-5-11-19)20-16-26(17-20)23(27)24-18-9-8-14-22(15-18)28-21-12-6-3-7-13-21/h2-15,20H,16-17H2,1H3,(H,24,27). The number of benzene rings is 3. The number of likely N-dealkylation sites (N-methyl/N-ethyl adjacent to an activating group) is 1. The Morgan fingerprint density at radius 1 is 0.929 bits per heavy atom. The fourth-order valence-electron chi connectivity index (χ4n) is 3.20. The average Bonchev–Trinajstić information content (AvgIpc) is 2.68. The van der Waals surface area contributed by atoms with E-state index < -0.39 is 0 Å². The van der Waals surface area contributed by atoms with Crippen molar-refractivity contribution >= 4 is 17.4 Å². The van der Waals surface area contributed by atoms with Crippen molar-refractivity contribution in [2.75, 3.05) is 30.4 Å². The van der Waals surface area contributed by atoms with E-state index in [-0.39, 0.29) is 6.03 Å². The van der Waals surface area contributed by atoms with Crippen molar-refractivity contribution in [3.63, 3.8) is 0 Å². The van der Waals surface area contributed by atoms with Gasteiger partial charge in [-0.05, 0) is 36.4 Å². The van der Waals surface area contributed by atoms with Gasteiger partial charge in [0.25, 0.3) is 0 Å². The highest BCUT2D eigenvalue weighted by molar-refractivity contribution is 5.90. The highest BCUT2D eigenvalue weighted by Crippen LogP contribution is 2.25. The number of para-hydroxylation sites is 2. The van der Waals surface area contributed by atoms with Gasteiger partial charge < -0.3 is 19.9 Å². The lowest BCUT2D eigenvalue weighted by molar-refractivity contribution is 0.163. The van der Waals surface area contributed by atoms with Crippen LogP contribution in [-0.2, 0) is 0 Å². The first-order valence-electron chi connectivity index (χ1n) is 9.36. The van der Waals surface area contributed by atoms with Crippen LogP contribution in [0.5, 0.6) is 11.5 Å². The van der Waals surface area contributed by atoms with Crippen LogP contribution in [-0.4, -0.2) is 37.1 Å². The molecule has 1 saturated heterocycles. The minimum atomic E-state index is -0.0884. The second-order valence-electron chi connectivity index (χ2n) is 6.88. The molecule has 0 bridgehead atoms. The van der Waals surface area contributed by atoms with Gasteiger partial charge in [0.15, 0.2) is 0 Å². The molecule has 1 aliphatic heterocycles. The highest BCUT2D eigenvalue weighted by atomic mass is 16.5. The van der Waals surface area contributed by atoms with Crippen LogP contribution in [0, 0.1) is 0 Å². The number of urea groups is 1. The normalized spacial score (nSPS) is 13.5. The largest absolute Gasteiger partial charge is 0.457 e. The van der Waals surface area contributed by atoms with E-state index in [0.29, 0.717) is 24.9 Å². The summed E-state index contributed by atoms with van der Waals surface area (Å²) in [7, 11) is 2.07. The zero-order valence-electron chi connectivity index (χ0n) is 15.8. The predicted octanol–water partition coefficient (Wildman–Crippen LogP) is 4.83. The summed E-state index contributed by atoms with van der Waals surface area (Å²) in [5, 5.41) is 2.96. The molecule has 3 aromatic carbocycles. The van der Waals surface area contributed by atoms with Crippen molar-refractivity contribution in [2.24, 2.45) is 0 Å². The third-order valence-corrected chi connectivity index (χ3v) is 4.92. The lowest BCUT2D eigenvalue weighted by Crippen LogP contribution is -2.61. The average molecular weight is 373 g/mol. The molecule has 1 heterocycles. The maximum Gasteiger partial charge on any atom is 0.321 e. The molecule has 1 N–H and O–H groups in total. The summed E-state index contributed by atoms with van der Waals surface area (Å²) >= 11 is 0. The van der Waals surface area contributed by atoms with Gasteiger partial charge in [-0.25, -0.2) is 4.79 Å². The Bertz CT molecular complexity index is 925. The molecular weight excluding hydrogens is 350 g/mol. The van der Waals surface area contributed by atoms with Gasteiger partial charge in [-0.3, -0.25) is 0 Å². The van der Waals surface area contributed by atoms with Crippen molar-refractivity contribution in [1.82, 2.24) is 4.90 Å². The van der Waals surface area contributed by atoms with Crippen molar-refractivity contribution in [2.45, 2.75) is 6.04 Å². The lowest BCUT2D eigenvalue weighted by Gasteiger charge is -2.44. The Balaban J connectivity index is 1.32. The second kappa shape index (κ2) is 8.05. The van der Waals surface area contributed by atoms with Crippen LogP contribution in [0.2, 0.25) is 0 Å². The van der Waals surface area contributed by atoms with E-state index in [9.17, 15) is 4.79 Å². The molecule has 0 saturated carbocycles. The molecule has 28 heavy (non-hydrogen) atoms. The fourth-order valence-corrected chi connectivity index (χ4v) is 3.20. The molecule has 0 aromatic heterocycles. The monoisotopic (exact) mass is 373 g/mol. The number of nitrogens with zero attached hydrogens (tertiary/aromatic N) is 2. The molecular formula is C23H23N3O2. The van der Waals surface area contributed by atoms with Gasteiger partial charge in [-0.15, -0.1) is 0 Å². The van der Waals surface area contributed by atoms with E-state index in [1.807, 2.05) is 77.7 Å². The summed E-state index contributed by atoms with van der Waals surface area (Å²) in [6, 6.07) is 27.5. The summed E-state index contributed by atoms with van der Waals surface area (Å²) in [5.74, 6) is 1.45. The maximum atomic E-state index is 12.5. The number of likely N-dealkylation sites (tertiary alicyclic amines) is 1. The Kier molecular flexibility index (Phi) is 5.15. The number of ether oxygens (including phenoxy) is 1. The Morgan fingerprint density at radius 2 is 1.57 bits per heavy atom. The van der Waals surface area contributed by atoms with Crippen LogP contribution in [0.4, 0.5) is 16.2 Å². The van der Waals surface area contributed by atoms with E-state index >= 15 is 0 Å². The zero-order valence-corrected chi connectivity index (χ0v) is 15.8. The summed E-state index contributed by atoms with van der Waals surface area (Å²) in [4.78, 5) is 16.6. The maximum absolute atomic E-state index is 12.5. The number of carbonyl (C=O) groups excluding carboxylic acids is 1. The van der Waals surface area contributed by atoms with Gasteiger partial charge in [0.2, 0.25) is 0 Å². The first-order chi connectivity index (χ1) is 13.7. The first-order valence-corrected chi connectivity index (χ1v) is 9.36. The van der Waals surface area contributed by atoms with Crippen molar-refractivity contribution in [3.8, 4) is 11.5 Å². The molecule has 0 unspecified atom stereocenters. The number of hydrogen-bond donors (Lipinski definition) is 1. The van der Waals surface area contributed by atoms with Crippen molar-refractivity contribution in [3.05, 3.63) is 84.9 Å². The van der Waals surface area contributed by atoms with E-state index in [2.05, 4.69) is 29.4 Å². The van der Waals surface area contributed by atoms with E-state index in [1.165, 1.54) is 5.69 Å². The molecule has 0 spiro atoms. The van der Waals surface area contributed by atoms with Gasteiger partial charge >= 0.3 is 6.03 Å². The second-order valence-corrected chi connectivity index (χ2v) is 6.88. The fraction of sp³-hybridized carbons (Fsp3) is 0.174. The molecule has 5 heteroatoms. The van der Waals surface area contributed by atoms with E-state index in [4.69, 9.17) is 4.74 Å². The van der Waals surface area contributed by atoms with Gasteiger partial charge in [-0.2, -0.15) is 0 Å². The van der Waals surface area contributed by atoms with E-state index in [0.717, 1.165) is 11.4 Å². The van der Waals surface area contributed by atoms with Gasteiger partial charge in [0.1, 0.15) is 11.5 Å². The van der Waals surface area contributed by atoms with Gasteiger partial charge in [0.05, 0.1) is 6.04 Å². The van der Waals surface area contributed by atoms with Crippen LogP contribution >= 0.6 is 0 Å². The number of anilines is 2. The van der Waals surface area contributed by atoms with Crippen LogP contribution in [0.1, 0.15) is 0 Å². The Labute approximate surface area is 165 Å². The molecule has 0 atom stereocenters. The molecule has 0 aliphatic carbocycles. The van der Waals surface area contributed by atoms with E-state index in [1.54, 1.807) is 0 Å². The van der Waals surface area contributed by atoms with Crippen molar-refractivity contribution in [1.29, 1.82) is 0 Å². The number of amides is 2. The van der Waals surface area contributed by atoms with Crippen LogP contribution in [0.15, 0.2) is 84.9 Å². The minimum Gasteiger partial charge on any atom is -0.457 e. The molecule has 2 amide bonds. The SMILES string of the molecule is CN(c1ccccc1)C1CN(C(=O)Nc2cccc(Oc3ccccc3)c2)C1. The van der Waals surface area contributed by atoms with Crippen LogP contribution in [0.25, 0.3) is 0 Å². The molecule has 3 aromatic rings. The topological polar surface area (TPSA) is 44.8 Å². The predicted molar refractivity (Wildman–Crippen MR) is 112 cm³/mol. The quantitative estimate of drug-likeness (QED) is 0.697. The Morgan fingerprint density at radius 3 is 2.29 bits per heavy atom. The number of nitrogens with one attached hydrogen (secondary N) is 1. The molecule has 5 nitrogen and oxygen atoms in total. The van der Waals surface area contributed by atoms with Gasteiger partial charge in [-0.1, -0.05) is 42.5 Å². The summed E-state index contributed by atoms with van der Waals surface area (Å²) in [6.45, 7) is 1.41. The van der Waals surface area contributed by atoms with Gasteiger partial charge in [0, 0.05) is 37.6 Å². The summed E-state index contributed by atoms with van der Waals surface area (Å²) in [5.41, 5.74) is 1.89. The smallest absolute Gasteiger partial charge is 0.321 e. The van der Waals surface area contributed by atoms with Crippen molar-refractivity contribution < 1.29 is 9.53 Å². The number of carbonyl (C=O) groups is 1. The summed E-state index contributed by atoms with van der Waals surface area (Å²) < 4.78 is 5.83.